The Morgan fingerprint density at radius 1 is 1.43 bits per heavy atom. The number of aliphatic carboxylic acids is 1. The highest BCUT2D eigenvalue weighted by Gasteiger charge is 2.29. The first-order chi connectivity index (χ1) is 6.68. The molecule has 70 valence electrons. The third kappa shape index (κ3) is 1.28. The number of rotatable bonds is 1. The van der Waals surface area contributed by atoms with E-state index in [0.29, 0.717) is 16.1 Å². The first-order valence-corrected chi connectivity index (χ1v) is 4.03. The van der Waals surface area contributed by atoms with Crippen molar-refractivity contribution in [2.45, 2.75) is 0 Å². The summed E-state index contributed by atoms with van der Waals surface area (Å²) in [5.74, 6) is -1.15. The smallest absolute Gasteiger partial charge is 0.357 e. The minimum Gasteiger partial charge on any atom is -0.477 e. The van der Waals surface area contributed by atoms with Crippen molar-refractivity contribution in [2.24, 2.45) is 4.99 Å². The van der Waals surface area contributed by atoms with Gasteiger partial charge < -0.3 is 5.11 Å². The van der Waals surface area contributed by atoms with Gasteiger partial charge in [-0.1, -0.05) is 12.1 Å². The lowest BCUT2D eigenvalue weighted by Gasteiger charge is -2.04. The second-order valence-corrected chi connectivity index (χ2v) is 2.89. The van der Waals surface area contributed by atoms with Crippen molar-refractivity contribution in [1.82, 2.24) is 0 Å². The molecule has 0 bridgehead atoms. The normalized spacial score (nSPS) is 14.6. The van der Waals surface area contributed by atoms with Crippen LogP contribution in [0.5, 0.6) is 0 Å². The number of carboxylic acids is 1. The topological polar surface area (TPSA) is 69.7 Å². The largest absolute Gasteiger partial charge is 0.477 e. The molecule has 0 saturated heterocycles. The van der Waals surface area contributed by atoms with Crippen LogP contribution in [0, 0.1) is 4.91 Å². The summed E-state index contributed by atoms with van der Waals surface area (Å²) in [6.45, 7) is -0.202. The van der Waals surface area contributed by atoms with E-state index in [9.17, 15) is 9.70 Å². The summed E-state index contributed by atoms with van der Waals surface area (Å²) < 4.78 is 0.631. The monoisotopic (exact) mass is 191 g/mol. The molecule has 1 heterocycles. The van der Waals surface area contributed by atoms with E-state index in [4.69, 9.17) is 5.11 Å². The Hall–Kier alpha value is -2.04. The summed E-state index contributed by atoms with van der Waals surface area (Å²) in [5, 5.41) is 8.69. The van der Waals surface area contributed by atoms with E-state index in [0.717, 1.165) is 0 Å². The predicted molar refractivity (Wildman–Crippen MR) is 49.3 cm³/mol. The molecule has 0 spiro atoms. The van der Waals surface area contributed by atoms with Crippen LogP contribution in [-0.4, -0.2) is 28.1 Å². The Labute approximate surface area is 79.3 Å². The first kappa shape index (κ1) is 8.55. The lowest BCUT2D eigenvalue weighted by atomic mass is 10.2. The van der Waals surface area contributed by atoms with Gasteiger partial charge in [0.1, 0.15) is 5.69 Å². The molecule has 0 fully saturated rings. The quantitative estimate of drug-likeness (QED) is 0.679. The molecule has 14 heavy (non-hydrogen) atoms. The molecule has 0 saturated carbocycles. The molecular formula is C9H7N2O3+. The Balaban J connectivity index is 2.56. The number of para-hydroxylation sites is 2. The van der Waals surface area contributed by atoms with Gasteiger partial charge in [0.2, 0.25) is 6.54 Å². The lowest BCUT2D eigenvalue weighted by molar-refractivity contribution is -0.446. The van der Waals surface area contributed by atoms with Crippen LogP contribution >= 0.6 is 0 Å². The number of hydrogen-bond acceptors (Lipinski definition) is 3. The number of fused-ring (bicyclic) bond motifs is 1. The van der Waals surface area contributed by atoms with Crippen LogP contribution in [0.1, 0.15) is 0 Å². The molecule has 1 aliphatic rings. The fourth-order valence-electron chi connectivity index (χ4n) is 1.29. The number of hydrogen-bond donors (Lipinski definition) is 1. The zero-order valence-corrected chi connectivity index (χ0v) is 7.17. The average molecular weight is 191 g/mol. The van der Waals surface area contributed by atoms with Crippen molar-refractivity contribution in [3.63, 3.8) is 0 Å². The van der Waals surface area contributed by atoms with Crippen LogP contribution in [-0.2, 0) is 4.79 Å². The summed E-state index contributed by atoms with van der Waals surface area (Å²) in [4.78, 5) is 25.9. The molecular weight excluding hydrogens is 184 g/mol. The van der Waals surface area contributed by atoms with Gasteiger partial charge in [0.25, 0.3) is 5.69 Å². The van der Waals surface area contributed by atoms with E-state index < -0.39 is 5.97 Å². The van der Waals surface area contributed by atoms with Crippen LogP contribution in [0.3, 0.4) is 0 Å². The fourth-order valence-corrected chi connectivity index (χ4v) is 1.29. The molecule has 1 aromatic rings. The third-order valence-corrected chi connectivity index (χ3v) is 1.95. The van der Waals surface area contributed by atoms with Crippen LogP contribution in [0.4, 0.5) is 11.4 Å². The van der Waals surface area contributed by atoms with Crippen molar-refractivity contribution in [3.8, 4) is 0 Å². The number of nitroso groups, excluding NO2 is 1. The molecule has 2 rings (SSSR count). The summed E-state index contributed by atoms with van der Waals surface area (Å²) in [6.07, 6.45) is 0. The average Bonchev–Trinajstić information content (AvgIpc) is 2.17. The second-order valence-electron chi connectivity index (χ2n) is 2.89. The van der Waals surface area contributed by atoms with Gasteiger partial charge in [-0.05, 0) is 6.07 Å². The molecule has 0 radical (unpaired) electrons. The Morgan fingerprint density at radius 2 is 2.14 bits per heavy atom. The fraction of sp³-hybridized carbons (Fsp3) is 0.111. The third-order valence-electron chi connectivity index (χ3n) is 1.95. The van der Waals surface area contributed by atoms with Crippen LogP contribution in [0.2, 0.25) is 0 Å². The van der Waals surface area contributed by atoms with Gasteiger partial charge in [0.05, 0.1) is 0 Å². The van der Waals surface area contributed by atoms with Gasteiger partial charge in [-0.25, -0.2) is 9.79 Å². The molecule has 0 amide bonds. The molecule has 1 aliphatic heterocycles. The van der Waals surface area contributed by atoms with Crippen molar-refractivity contribution in [1.29, 1.82) is 0 Å². The summed E-state index contributed by atoms with van der Waals surface area (Å²) in [6, 6.07) is 6.65. The predicted octanol–water partition coefficient (Wildman–Crippen LogP) is 1.27. The number of carboxylic acid groups (broad SMARTS) is 1. The maximum atomic E-state index is 11.4. The van der Waals surface area contributed by atoms with Crippen molar-refractivity contribution in [3.05, 3.63) is 29.2 Å². The van der Waals surface area contributed by atoms with Crippen LogP contribution in [0.15, 0.2) is 29.3 Å². The number of nitrogens with zero attached hydrogens (tertiary/aromatic N) is 2. The van der Waals surface area contributed by atoms with Crippen molar-refractivity contribution >= 4 is 23.1 Å². The molecule has 1 aromatic carbocycles. The number of benzene rings is 1. The van der Waals surface area contributed by atoms with Gasteiger partial charge in [-0.3, -0.25) is 0 Å². The van der Waals surface area contributed by atoms with E-state index in [1.807, 2.05) is 0 Å². The standard InChI is InChI=1S/C9H6N2O3/c12-9(13)7-5-11(14)8-4-2-1-3-6(8)10-7/h1-4H,5H2/p+1. The van der Waals surface area contributed by atoms with Gasteiger partial charge >= 0.3 is 5.97 Å². The molecule has 0 aromatic heterocycles. The van der Waals surface area contributed by atoms with E-state index in [2.05, 4.69) is 4.99 Å². The summed E-state index contributed by atoms with van der Waals surface area (Å²) >= 11 is 0. The van der Waals surface area contributed by atoms with Crippen molar-refractivity contribution in [2.75, 3.05) is 6.54 Å². The minimum absolute atomic E-state index is 0.126. The van der Waals surface area contributed by atoms with E-state index in [1.165, 1.54) is 0 Å². The molecule has 1 N–H and O–H groups in total. The van der Waals surface area contributed by atoms with E-state index in [-0.39, 0.29) is 12.3 Å². The molecule has 5 heteroatoms. The maximum Gasteiger partial charge on any atom is 0.357 e. The number of aliphatic imine (C=N–C) groups is 1. The molecule has 0 unspecified atom stereocenters. The highest BCUT2D eigenvalue weighted by atomic mass is 16.4. The van der Waals surface area contributed by atoms with Crippen LogP contribution in [0.25, 0.3) is 0 Å². The highest BCUT2D eigenvalue weighted by Crippen LogP contribution is 2.29. The Kier molecular flexibility index (Phi) is 1.85. The van der Waals surface area contributed by atoms with Crippen molar-refractivity contribution < 1.29 is 14.7 Å². The zero-order valence-electron chi connectivity index (χ0n) is 7.17. The SMILES string of the molecule is O=C(O)C1=Nc2ccccc2[N+](=O)C1. The summed E-state index contributed by atoms with van der Waals surface area (Å²) in [7, 11) is 0. The summed E-state index contributed by atoms with van der Waals surface area (Å²) in [5.41, 5.74) is 0.697. The molecule has 5 nitrogen and oxygen atoms in total. The van der Waals surface area contributed by atoms with Gasteiger partial charge in [0.15, 0.2) is 5.71 Å². The highest BCUT2D eigenvalue weighted by molar-refractivity contribution is 6.37. The Morgan fingerprint density at radius 3 is 2.86 bits per heavy atom. The van der Waals surface area contributed by atoms with E-state index >= 15 is 0 Å². The van der Waals surface area contributed by atoms with Gasteiger partial charge in [-0.15, -0.1) is 0 Å². The van der Waals surface area contributed by atoms with E-state index in [1.54, 1.807) is 24.3 Å². The Bertz CT molecular complexity index is 451. The molecule has 0 aliphatic carbocycles. The van der Waals surface area contributed by atoms with Gasteiger partial charge in [-0.2, -0.15) is 0 Å². The van der Waals surface area contributed by atoms with Crippen LogP contribution < -0.4 is 0 Å². The maximum absolute atomic E-state index is 11.4. The number of carbonyl (C=O) groups is 1. The zero-order chi connectivity index (χ0) is 10.1. The lowest BCUT2D eigenvalue weighted by Crippen LogP contribution is -2.25. The second kappa shape index (κ2) is 3.02. The van der Waals surface area contributed by atoms with Gasteiger partial charge in [0, 0.05) is 15.7 Å². The minimum atomic E-state index is -1.15. The molecule has 0 atom stereocenters. The first-order valence-electron chi connectivity index (χ1n) is 4.03.